The van der Waals surface area contributed by atoms with E-state index in [1.165, 1.54) is 36.4 Å². The molecule has 0 radical (unpaired) electrons. The number of carbonyl (C=O) groups is 4. The van der Waals surface area contributed by atoms with E-state index >= 15 is 44.7 Å². The summed E-state index contributed by atoms with van der Waals surface area (Å²) < 4.78 is 146. The molecule has 0 saturated carbocycles. The van der Waals surface area contributed by atoms with Crippen LogP contribution >= 0.6 is 0 Å². The average Bonchev–Trinajstić information content (AvgIpc) is 1.48. The Morgan fingerprint density at radius 2 is 0.741 bits per heavy atom. The van der Waals surface area contributed by atoms with Crippen molar-refractivity contribution >= 4 is 100 Å². The quantitative estimate of drug-likeness (QED) is 0.0138. The van der Waals surface area contributed by atoms with Gasteiger partial charge in [0, 0.05) is 115 Å². The maximum Gasteiger partial charge on any atom is 0.381 e. The first-order valence-electron chi connectivity index (χ1n) is 38.0. The highest BCUT2D eigenvalue weighted by Gasteiger charge is 2.81. The number of ketones is 2. The van der Waals surface area contributed by atoms with E-state index < -0.39 is 60.3 Å². The predicted octanol–water partition coefficient (Wildman–Crippen LogP) is 23.6. The molecule has 2 heterocycles. The van der Waals surface area contributed by atoms with E-state index in [9.17, 15) is 9.59 Å². The van der Waals surface area contributed by atoms with Gasteiger partial charge in [-0.15, -0.1) is 0 Å². The molecule has 10 aromatic carbocycles. The van der Waals surface area contributed by atoms with E-state index in [-0.39, 0.29) is 57.1 Å². The number of aryl methyl sites for hydroxylation is 6. The number of oxime groups is 2. The van der Waals surface area contributed by atoms with Crippen LogP contribution in [0.4, 0.5) is 35.1 Å². The molecule has 12 aromatic rings. The summed E-state index contributed by atoms with van der Waals surface area (Å²) >= 11 is 0. The molecule has 582 valence electrons. The van der Waals surface area contributed by atoms with Crippen molar-refractivity contribution < 1.29 is 73.5 Å². The summed E-state index contributed by atoms with van der Waals surface area (Å²) in [7, 11) is 0. The molecule has 2 aromatic heterocycles. The van der Waals surface area contributed by atoms with Gasteiger partial charge in [0.15, 0.2) is 24.8 Å². The minimum Gasteiger partial charge on any atom is -0.486 e. The van der Waals surface area contributed by atoms with Gasteiger partial charge in [0.05, 0.1) is 11.0 Å². The normalized spacial score (nSPS) is 13.2. The average molecular weight is 1530 g/mol. The zero-order chi connectivity index (χ0) is 80.5. The lowest BCUT2D eigenvalue weighted by Crippen LogP contribution is -2.65. The van der Waals surface area contributed by atoms with Crippen molar-refractivity contribution in [3.05, 3.63) is 248 Å². The Kier molecular flexibility index (Phi) is 23.5. The van der Waals surface area contributed by atoms with Gasteiger partial charge in [0.25, 0.3) is 0 Å². The Hall–Kier alpha value is -11.0. The first-order valence-corrected chi connectivity index (χ1v) is 38.0. The van der Waals surface area contributed by atoms with Crippen molar-refractivity contribution in [2.75, 3.05) is 13.2 Å². The third-order valence-corrected chi connectivity index (χ3v) is 21.5. The van der Waals surface area contributed by atoms with E-state index in [0.29, 0.717) is 67.7 Å². The van der Waals surface area contributed by atoms with Crippen LogP contribution in [0.3, 0.4) is 0 Å². The second kappa shape index (κ2) is 32.7. The molecule has 2 atom stereocenters. The van der Waals surface area contributed by atoms with Crippen LogP contribution in [0.25, 0.3) is 65.2 Å². The van der Waals surface area contributed by atoms with E-state index in [1.54, 1.807) is 36.4 Å². The van der Waals surface area contributed by atoms with Crippen LogP contribution in [0.5, 0.6) is 11.5 Å². The fraction of sp³-hybridized carbons (Fsp3) is 0.326. The summed E-state index contributed by atoms with van der Waals surface area (Å²) in [6.07, 6.45) is 7.43. The highest BCUT2D eigenvalue weighted by atomic mass is 19.4. The fourth-order valence-corrected chi connectivity index (χ4v) is 16.0. The Labute approximate surface area is 645 Å². The number of unbranched alkanes of at least 4 members (excludes halogenated alkanes) is 2. The molecule has 0 fully saturated rings. The molecule has 0 spiro atoms. The lowest BCUT2D eigenvalue weighted by molar-refractivity contribution is -0.371. The first kappa shape index (κ1) is 80.5. The van der Waals surface area contributed by atoms with Gasteiger partial charge in [-0.2, -0.15) is 35.1 Å². The van der Waals surface area contributed by atoms with Crippen molar-refractivity contribution in [1.82, 2.24) is 9.13 Å². The van der Waals surface area contributed by atoms with E-state index in [1.807, 2.05) is 126 Å². The highest BCUT2D eigenvalue weighted by molar-refractivity contribution is 6.29. The van der Waals surface area contributed by atoms with Crippen molar-refractivity contribution in [2.24, 2.45) is 22.1 Å². The third kappa shape index (κ3) is 15.5. The third-order valence-electron chi connectivity index (χ3n) is 21.5. The number of rotatable bonds is 31. The lowest BCUT2D eigenvalue weighted by Gasteiger charge is -2.36. The molecule has 0 saturated heterocycles. The molecule has 0 bridgehead atoms. The molecule has 112 heavy (non-hydrogen) atoms. The van der Waals surface area contributed by atoms with Crippen LogP contribution in [-0.2, 0) is 32.4 Å². The fourth-order valence-electron chi connectivity index (χ4n) is 16.0. The predicted molar refractivity (Wildman–Crippen MR) is 427 cm³/mol. The van der Waals surface area contributed by atoms with Crippen LogP contribution in [0.15, 0.2) is 180 Å². The van der Waals surface area contributed by atoms with Crippen molar-refractivity contribution in [3.8, 4) is 11.5 Å². The van der Waals surface area contributed by atoms with E-state index in [4.69, 9.17) is 19.1 Å². The number of para-hydroxylation sites is 2. The van der Waals surface area contributed by atoms with Crippen LogP contribution < -0.4 is 9.47 Å². The molecule has 12 rings (SSSR count). The topological polar surface area (TPSA) is 140 Å². The van der Waals surface area contributed by atoms with Crippen LogP contribution in [0, 0.1) is 53.4 Å². The molecule has 0 aliphatic carbocycles. The van der Waals surface area contributed by atoms with E-state index in [2.05, 4.69) is 47.1 Å². The smallest absolute Gasteiger partial charge is 0.381 e. The summed E-state index contributed by atoms with van der Waals surface area (Å²) in [5, 5.41) is 13.7. The van der Waals surface area contributed by atoms with E-state index in [0.717, 1.165) is 144 Å². The number of aromatic nitrogens is 2. The Bertz CT molecular complexity index is 5340. The molecule has 12 nitrogen and oxygen atoms in total. The zero-order valence-corrected chi connectivity index (χ0v) is 64.9. The number of nitrogens with zero attached hydrogens (tertiary/aromatic N) is 4. The molecule has 0 amide bonds. The minimum absolute atomic E-state index is 0.159. The van der Waals surface area contributed by atoms with Gasteiger partial charge in [-0.3, -0.25) is 9.59 Å². The SMILES string of the molecule is CCCCC(CC)Cn1c2ccc(/C(=N\OC(C)=O)c3ccccc3OCC(F)(F)C(F)(F)C(F)(F)C(F)(F)COc3ccccc3/C(=N/OC(C)=O)c3ccc4c(c3)c3cc(C(=O)c5c(C)cc(C)cc5C)c5ccccc5c3n4CC(CC)CCCC)cc2c2cc(C(=O)c3c(C)cc(C)cc3C)c3ccccc3c21. The second-order valence-corrected chi connectivity index (χ2v) is 29.6. The summed E-state index contributed by atoms with van der Waals surface area (Å²) in [4.78, 5) is 65.8. The number of halogens is 8. The van der Waals surface area contributed by atoms with Crippen LogP contribution in [0.2, 0.25) is 0 Å². The summed E-state index contributed by atoms with van der Waals surface area (Å²) in [6.45, 7) is 18.0. The standard InChI is InChI=1S/C92H90F8N4O8/c1-13-17-27-61(15-3)49-103-77-39-37-63(45-71(77)73-47-75(65-29-19-21-31-67(65)85(73)103)87(107)81-55(7)41-53(5)42-56(81)8)83(101-111-59(11)105)69-33-23-25-35-79(69)109-51-89(93,94)91(97,98)92(99,100)90(95,96)52-110-80-36-26-24-34-70(80)84(102-112-60(12)106)64-38-40-78-72(46-64)74-48-76(88(108)82-57(9)43-54(6)44-58(82)10)66-30-20-22-32-68(66)86(74)104(78)50-62(16-4)28-18-14-2/h19-26,29-48,61-62H,13-18,27-28,49-52H2,1-12H3/b101-83+,102-84+. The second-order valence-electron chi connectivity index (χ2n) is 29.6. The summed E-state index contributed by atoms with van der Waals surface area (Å²) in [5.41, 5.74) is 9.35. The van der Waals surface area contributed by atoms with Crippen molar-refractivity contribution in [1.29, 1.82) is 0 Å². The minimum atomic E-state index is -6.87. The largest absolute Gasteiger partial charge is 0.486 e. The lowest BCUT2D eigenvalue weighted by atomic mass is 9.89. The highest BCUT2D eigenvalue weighted by Crippen LogP contribution is 2.53. The molecule has 20 heteroatoms. The molecule has 2 unspecified atom stereocenters. The van der Waals surface area contributed by atoms with Crippen LogP contribution in [-0.4, -0.2) is 81.0 Å². The van der Waals surface area contributed by atoms with Crippen molar-refractivity contribution in [2.45, 2.75) is 171 Å². The number of fused-ring (bicyclic) bond motifs is 10. The zero-order valence-electron chi connectivity index (χ0n) is 64.9. The van der Waals surface area contributed by atoms with Crippen molar-refractivity contribution in [3.63, 3.8) is 0 Å². The van der Waals surface area contributed by atoms with Gasteiger partial charge >= 0.3 is 35.6 Å². The number of hydrogen-bond donors (Lipinski definition) is 0. The van der Waals surface area contributed by atoms with Gasteiger partial charge in [0.2, 0.25) is 0 Å². The monoisotopic (exact) mass is 1530 g/mol. The number of carbonyl (C=O) groups excluding carboxylic acids is 4. The number of benzene rings is 10. The van der Waals surface area contributed by atoms with Gasteiger partial charge in [0.1, 0.15) is 22.9 Å². The Morgan fingerprint density at radius 3 is 1.08 bits per heavy atom. The first-order chi connectivity index (χ1) is 53.4. The van der Waals surface area contributed by atoms with Gasteiger partial charge in [-0.05, 0) is 160 Å². The molecule has 0 N–H and O–H groups in total. The van der Waals surface area contributed by atoms with Gasteiger partial charge in [-0.1, -0.05) is 197 Å². The number of ether oxygens (including phenoxy) is 2. The molecule has 0 aliphatic heterocycles. The van der Waals surface area contributed by atoms with Crippen LogP contribution in [0.1, 0.15) is 180 Å². The number of hydrogen-bond acceptors (Lipinski definition) is 10. The molecular weight excluding hydrogens is 1440 g/mol. The van der Waals surface area contributed by atoms with Gasteiger partial charge < -0.3 is 28.3 Å². The summed E-state index contributed by atoms with van der Waals surface area (Å²) in [6, 6.07) is 46.8. The molecule has 0 aliphatic rings. The number of alkyl halides is 8. The van der Waals surface area contributed by atoms with Gasteiger partial charge in [-0.25, -0.2) is 9.59 Å². The summed E-state index contributed by atoms with van der Waals surface area (Å²) in [5.74, 6) is -29.1. The maximum absolute atomic E-state index is 16.4. The maximum atomic E-state index is 16.4. The molecular formula is C92H90F8N4O8. The Morgan fingerprint density at radius 1 is 0.402 bits per heavy atom. The Balaban J connectivity index is 0.872.